The number of nitrogens with zero attached hydrogens (tertiary/aromatic N) is 3. The Morgan fingerprint density at radius 1 is 1.24 bits per heavy atom. The third-order valence-electron chi connectivity index (χ3n) is 3.49. The fourth-order valence-electron chi connectivity index (χ4n) is 2.14. The van der Waals surface area contributed by atoms with Crippen LogP contribution in [0, 0.1) is 0 Å². The molecule has 3 aromatic rings. The van der Waals surface area contributed by atoms with E-state index < -0.39 is 0 Å². The van der Waals surface area contributed by atoms with Crippen LogP contribution in [0.1, 0.15) is 23.4 Å². The zero-order valence-electron chi connectivity index (χ0n) is 12.1. The summed E-state index contributed by atoms with van der Waals surface area (Å²) < 4.78 is 5.29. The summed E-state index contributed by atoms with van der Waals surface area (Å²) in [4.78, 5) is 12.4. The highest BCUT2D eigenvalue weighted by Crippen LogP contribution is 2.24. The van der Waals surface area contributed by atoms with E-state index in [4.69, 9.17) is 4.42 Å². The number of rotatable bonds is 5. The second-order valence-corrected chi connectivity index (χ2v) is 5.98. The topological polar surface area (TPSA) is 42.2 Å². The molecule has 3 rings (SSSR count). The maximum absolute atomic E-state index is 5.29. The lowest BCUT2D eigenvalue weighted by Crippen LogP contribution is -2.21. The molecule has 0 N–H and O–H groups in total. The molecule has 21 heavy (non-hydrogen) atoms. The molecule has 0 radical (unpaired) electrons. The first-order valence-corrected chi connectivity index (χ1v) is 7.70. The van der Waals surface area contributed by atoms with Crippen LogP contribution in [-0.4, -0.2) is 21.9 Å². The third kappa shape index (κ3) is 3.20. The molecule has 0 aliphatic carbocycles. The van der Waals surface area contributed by atoms with E-state index in [0.29, 0.717) is 17.6 Å². The van der Waals surface area contributed by atoms with Crippen LogP contribution in [0.4, 0.5) is 0 Å². The van der Waals surface area contributed by atoms with Crippen molar-refractivity contribution >= 4 is 11.3 Å². The number of furan rings is 1. The molecule has 0 fully saturated rings. The SMILES string of the molecule is C[C@H](c1cccs1)N(C)Cc1cnc(-c2ccco2)nc1. The Labute approximate surface area is 128 Å². The summed E-state index contributed by atoms with van der Waals surface area (Å²) in [7, 11) is 2.12. The van der Waals surface area contributed by atoms with E-state index in [1.165, 1.54) is 4.88 Å². The Morgan fingerprint density at radius 3 is 2.67 bits per heavy atom. The predicted molar refractivity (Wildman–Crippen MR) is 83.9 cm³/mol. The van der Waals surface area contributed by atoms with Gasteiger partial charge in [-0.05, 0) is 37.6 Å². The van der Waals surface area contributed by atoms with Crippen molar-refractivity contribution < 1.29 is 4.42 Å². The number of hydrogen-bond acceptors (Lipinski definition) is 5. The Kier molecular flexibility index (Phi) is 4.13. The van der Waals surface area contributed by atoms with Crippen molar-refractivity contribution in [3.63, 3.8) is 0 Å². The molecular formula is C16H17N3OS. The minimum Gasteiger partial charge on any atom is -0.461 e. The Morgan fingerprint density at radius 2 is 2.05 bits per heavy atom. The van der Waals surface area contributed by atoms with Gasteiger partial charge in [-0.2, -0.15) is 0 Å². The Hall–Kier alpha value is -1.98. The molecule has 108 valence electrons. The highest BCUT2D eigenvalue weighted by molar-refractivity contribution is 7.10. The van der Waals surface area contributed by atoms with Gasteiger partial charge in [0.15, 0.2) is 11.6 Å². The number of aromatic nitrogens is 2. The summed E-state index contributed by atoms with van der Waals surface area (Å²) in [6.07, 6.45) is 5.36. The molecule has 0 aliphatic heterocycles. The van der Waals surface area contributed by atoms with Crippen LogP contribution in [0.25, 0.3) is 11.6 Å². The average molecular weight is 299 g/mol. The van der Waals surface area contributed by atoms with Crippen LogP contribution in [0.15, 0.2) is 52.7 Å². The van der Waals surface area contributed by atoms with Crippen molar-refractivity contribution in [2.45, 2.75) is 19.5 Å². The van der Waals surface area contributed by atoms with E-state index in [0.717, 1.165) is 12.1 Å². The van der Waals surface area contributed by atoms with E-state index in [9.17, 15) is 0 Å². The van der Waals surface area contributed by atoms with Crippen LogP contribution in [0.5, 0.6) is 0 Å². The average Bonchev–Trinajstić information content (AvgIpc) is 3.20. The molecular weight excluding hydrogens is 282 g/mol. The van der Waals surface area contributed by atoms with Gasteiger partial charge >= 0.3 is 0 Å². The summed E-state index contributed by atoms with van der Waals surface area (Å²) in [6.45, 7) is 3.03. The summed E-state index contributed by atoms with van der Waals surface area (Å²) in [6, 6.07) is 8.34. The minimum atomic E-state index is 0.384. The lowest BCUT2D eigenvalue weighted by Gasteiger charge is -2.23. The molecule has 0 saturated carbocycles. The largest absolute Gasteiger partial charge is 0.461 e. The van der Waals surface area contributed by atoms with Gasteiger partial charge in [0, 0.05) is 35.4 Å². The number of thiophene rings is 1. The van der Waals surface area contributed by atoms with Crippen LogP contribution >= 0.6 is 11.3 Å². The quantitative estimate of drug-likeness (QED) is 0.714. The standard InChI is InChI=1S/C16H17N3OS/c1-12(15-6-4-8-21-15)19(2)11-13-9-17-16(18-10-13)14-5-3-7-20-14/h3-10,12H,11H2,1-2H3/t12-/m1/s1. The van der Waals surface area contributed by atoms with Crippen molar-refractivity contribution in [3.8, 4) is 11.6 Å². The van der Waals surface area contributed by atoms with Crippen LogP contribution < -0.4 is 0 Å². The normalized spacial score (nSPS) is 12.7. The van der Waals surface area contributed by atoms with Gasteiger partial charge in [0.05, 0.1) is 6.26 Å². The zero-order valence-corrected chi connectivity index (χ0v) is 12.9. The van der Waals surface area contributed by atoms with Crippen LogP contribution in [0.3, 0.4) is 0 Å². The first-order valence-electron chi connectivity index (χ1n) is 6.82. The van der Waals surface area contributed by atoms with Crippen LogP contribution in [-0.2, 0) is 6.54 Å². The molecule has 4 nitrogen and oxygen atoms in total. The second kappa shape index (κ2) is 6.20. The van der Waals surface area contributed by atoms with Gasteiger partial charge < -0.3 is 4.42 Å². The molecule has 1 atom stereocenters. The van der Waals surface area contributed by atoms with Gasteiger partial charge in [0.1, 0.15) is 0 Å². The summed E-state index contributed by atoms with van der Waals surface area (Å²) >= 11 is 1.79. The Bertz CT molecular complexity index is 662. The highest BCUT2D eigenvalue weighted by atomic mass is 32.1. The smallest absolute Gasteiger partial charge is 0.195 e. The van der Waals surface area contributed by atoms with Crippen molar-refractivity contribution in [3.05, 3.63) is 58.7 Å². The predicted octanol–water partition coefficient (Wildman–Crippen LogP) is 3.99. The van der Waals surface area contributed by atoms with Gasteiger partial charge in [0.25, 0.3) is 0 Å². The van der Waals surface area contributed by atoms with Gasteiger partial charge in [-0.3, -0.25) is 4.90 Å². The van der Waals surface area contributed by atoms with E-state index in [1.807, 2.05) is 24.5 Å². The first-order chi connectivity index (χ1) is 10.2. The fraction of sp³-hybridized carbons (Fsp3) is 0.250. The maximum atomic E-state index is 5.29. The second-order valence-electron chi connectivity index (χ2n) is 5.00. The molecule has 0 bridgehead atoms. The molecule has 3 heterocycles. The van der Waals surface area contributed by atoms with Crippen molar-refractivity contribution in [2.24, 2.45) is 0 Å². The molecule has 0 aromatic carbocycles. The van der Waals surface area contributed by atoms with Crippen LogP contribution in [0.2, 0.25) is 0 Å². The molecule has 0 unspecified atom stereocenters. The summed E-state index contributed by atoms with van der Waals surface area (Å²) in [5.41, 5.74) is 1.09. The van der Waals surface area contributed by atoms with E-state index >= 15 is 0 Å². The van der Waals surface area contributed by atoms with Crippen molar-refractivity contribution in [1.29, 1.82) is 0 Å². The lowest BCUT2D eigenvalue weighted by atomic mass is 10.2. The third-order valence-corrected chi connectivity index (χ3v) is 4.54. The lowest BCUT2D eigenvalue weighted by molar-refractivity contribution is 0.256. The van der Waals surface area contributed by atoms with Crippen molar-refractivity contribution in [1.82, 2.24) is 14.9 Å². The van der Waals surface area contributed by atoms with E-state index in [-0.39, 0.29) is 0 Å². The number of hydrogen-bond donors (Lipinski definition) is 0. The summed E-state index contributed by atoms with van der Waals surface area (Å²) in [5, 5.41) is 2.11. The zero-order chi connectivity index (χ0) is 14.7. The van der Waals surface area contributed by atoms with Gasteiger partial charge in [0.2, 0.25) is 0 Å². The molecule has 5 heteroatoms. The van der Waals surface area contributed by atoms with Gasteiger partial charge in [-0.25, -0.2) is 9.97 Å². The summed E-state index contributed by atoms with van der Waals surface area (Å²) in [5.74, 6) is 1.32. The molecule has 0 amide bonds. The van der Waals surface area contributed by atoms with E-state index in [1.54, 1.807) is 17.6 Å². The first kappa shape index (κ1) is 14.0. The monoisotopic (exact) mass is 299 g/mol. The molecule has 0 saturated heterocycles. The van der Waals surface area contributed by atoms with Gasteiger partial charge in [-0.15, -0.1) is 11.3 Å². The molecule has 3 aromatic heterocycles. The maximum Gasteiger partial charge on any atom is 0.195 e. The van der Waals surface area contributed by atoms with E-state index in [2.05, 4.69) is 46.4 Å². The van der Waals surface area contributed by atoms with Crippen molar-refractivity contribution in [2.75, 3.05) is 7.05 Å². The Balaban J connectivity index is 1.68. The van der Waals surface area contributed by atoms with Gasteiger partial charge in [-0.1, -0.05) is 6.07 Å². The molecule has 0 spiro atoms. The molecule has 0 aliphatic rings. The minimum absolute atomic E-state index is 0.384. The fourth-order valence-corrected chi connectivity index (χ4v) is 2.99. The highest BCUT2D eigenvalue weighted by Gasteiger charge is 2.13.